The second-order valence-corrected chi connectivity index (χ2v) is 3.46. The summed E-state index contributed by atoms with van der Waals surface area (Å²) in [5, 5.41) is 10.3. The molecule has 0 aliphatic carbocycles. The van der Waals surface area contributed by atoms with Gasteiger partial charge in [0.25, 0.3) is 0 Å². The van der Waals surface area contributed by atoms with Gasteiger partial charge in [-0.3, -0.25) is 4.98 Å². The van der Waals surface area contributed by atoms with Gasteiger partial charge < -0.3 is 9.84 Å². The van der Waals surface area contributed by atoms with Gasteiger partial charge in [-0.05, 0) is 36.2 Å². The van der Waals surface area contributed by atoms with Crippen LogP contribution >= 0.6 is 0 Å². The molecule has 15 heavy (non-hydrogen) atoms. The maximum absolute atomic E-state index is 9.31. The Morgan fingerprint density at radius 2 is 2.20 bits per heavy atom. The SMILES string of the molecule is COc1ccc2ncc(C)c(CO)c2c1. The number of fused-ring (bicyclic) bond motifs is 1. The molecule has 2 aromatic rings. The molecule has 0 saturated heterocycles. The number of hydrogen-bond acceptors (Lipinski definition) is 3. The minimum absolute atomic E-state index is 0.0258. The fourth-order valence-electron chi connectivity index (χ4n) is 1.66. The van der Waals surface area contributed by atoms with Gasteiger partial charge in [-0.25, -0.2) is 0 Å². The van der Waals surface area contributed by atoms with Crippen molar-refractivity contribution in [2.45, 2.75) is 13.5 Å². The van der Waals surface area contributed by atoms with Gasteiger partial charge in [-0.2, -0.15) is 0 Å². The summed E-state index contributed by atoms with van der Waals surface area (Å²) >= 11 is 0. The van der Waals surface area contributed by atoms with E-state index in [1.54, 1.807) is 13.3 Å². The molecule has 0 saturated carbocycles. The van der Waals surface area contributed by atoms with Gasteiger partial charge in [0.1, 0.15) is 5.75 Å². The van der Waals surface area contributed by atoms with Gasteiger partial charge in [-0.1, -0.05) is 0 Å². The van der Waals surface area contributed by atoms with Crippen LogP contribution < -0.4 is 4.74 Å². The van der Waals surface area contributed by atoms with Gasteiger partial charge in [0.2, 0.25) is 0 Å². The molecule has 1 N–H and O–H groups in total. The molecule has 0 bridgehead atoms. The smallest absolute Gasteiger partial charge is 0.119 e. The number of ether oxygens (including phenoxy) is 1. The largest absolute Gasteiger partial charge is 0.497 e. The molecule has 0 aliphatic heterocycles. The van der Waals surface area contributed by atoms with Crippen molar-refractivity contribution in [3.05, 3.63) is 35.5 Å². The van der Waals surface area contributed by atoms with Crippen LogP contribution in [0.15, 0.2) is 24.4 Å². The van der Waals surface area contributed by atoms with E-state index < -0.39 is 0 Å². The van der Waals surface area contributed by atoms with Crippen LogP contribution in [0.5, 0.6) is 5.75 Å². The summed E-state index contributed by atoms with van der Waals surface area (Å²) in [6.07, 6.45) is 1.78. The fourth-order valence-corrected chi connectivity index (χ4v) is 1.66. The highest BCUT2D eigenvalue weighted by molar-refractivity contribution is 5.84. The van der Waals surface area contributed by atoms with Crippen LogP contribution in [0, 0.1) is 6.92 Å². The summed E-state index contributed by atoms with van der Waals surface area (Å²) in [5.41, 5.74) is 2.79. The van der Waals surface area contributed by atoms with Crippen LogP contribution in [0.25, 0.3) is 10.9 Å². The molecule has 0 aliphatic rings. The number of aromatic nitrogens is 1. The van der Waals surface area contributed by atoms with Crippen molar-refractivity contribution in [2.75, 3.05) is 7.11 Å². The first-order valence-corrected chi connectivity index (χ1v) is 4.79. The second-order valence-electron chi connectivity index (χ2n) is 3.46. The molecule has 78 valence electrons. The van der Waals surface area contributed by atoms with Crippen molar-refractivity contribution < 1.29 is 9.84 Å². The van der Waals surface area contributed by atoms with E-state index in [2.05, 4.69) is 4.98 Å². The highest BCUT2D eigenvalue weighted by Gasteiger charge is 2.05. The molecule has 1 aromatic heterocycles. The average molecular weight is 203 g/mol. The molecule has 3 heteroatoms. The normalized spacial score (nSPS) is 10.6. The number of methoxy groups -OCH3 is 1. The highest BCUT2D eigenvalue weighted by Crippen LogP contribution is 2.24. The van der Waals surface area contributed by atoms with Crippen LogP contribution in [0.2, 0.25) is 0 Å². The van der Waals surface area contributed by atoms with E-state index in [0.29, 0.717) is 0 Å². The minimum atomic E-state index is 0.0258. The zero-order valence-corrected chi connectivity index (χ0v) is 8.82. The zero-order chi connectivity index (χ0) is 10.8. The van der Waals surface area contributed by atoms with E-state index in [-0.39, 0.29) is 6.61 Å². The van der Waals surface area contributed by atoms with Crippen LogP contribution in [-0.2, 0) is 6.61 Å². The lowest BCUT2D eigenvalue weighted by atomic mass is 10.1. The maximum Gasteiger partial charge on any atom is 0.119 e. The molecular formula is C12H13NO2. The Bertz CT molecular complexity index is 494. The molecule has 2 rings (SSSR count). The van der Waals surface area contributed by atoms with Gasteiger partial charge in [0.15, 0.2) is 0 Å². The fraction of sp³-hybridized carbons (Fsp3) is 0.250. The Labute approximate surface area is 88.3 Å². The van der Waals surface area contributed by atoms with Gasteiger partial charge in [-0.15, -0.1) is 0 Å². The van der Waals surface area contributed by atoms with Crippen LogP contribution in [0.3, 0.4) is 0 Å². The van der Waals surface area contributed by atoms with E-state index in [9.17, 15) is 5.11 Å². The third-order valence-corrected chi connectivity index (χ3v) is 2.56. The van der Waals surface area contributed by atoms with Crippen molar-refractivity contribution in [1.29, 1.82) is 0 Å². The molecule has 0 atom stereocenters. The van der Waals surface area contributed by atoms with E-state index >= 15 is 0 Å². The molecule has 0 unspecified atom stereocenters. The molecule has 0 spiro atoms. The number of aliphatic hydroxyl groups is 1. The third kappa shape index (κ3) is 1.66. The summed E-state index contributed by atoms with van der Waals surface area (Å²) in [5.74, 6) is 0.782. The van der Waals surface area contributed by atoms with Crippen LogP contribution in [0.1, 0.15) is 11.1 Å². The van der Waals surface area contributed by atoms with Gasteiger partial charge in [0, 0.05) is 11.6 Å². The monoisotopic (exact) mass is 203 g/mol. The Morgan fingerprint density at radius 3 is 2.87 bits per heavy atom. The quantitative estimate of drug-likeness (QED) is 0.812. The van der Waals surface area contributed by atoms with Gasteiger partial charge in [0.05, 0.1) is 19.2 Å². The number of aliphatic hydroxyl groups excluding tert-OH is 1. The van der Waals surface area contributed by atoms with Crippen molar-refractivity contribution in [3.8, 4) is 5.75 Å². The number of rotatable bonds is 2. The Morgan fingerprint density at radius 1 is 1.40 bits per heavy atom. The van der Waals surface area contributed by atoms with E-state index in [1.807, 2.05) is 25.1 Å². The minimum Gasteiger partial charge on any atom is -0.497 e. The lowest BCUT2D eigenvalue weighted by molar-refractivity contribution is 0.282. The zero-order valence-electron chi connectivity index (χ0n) is 8.82. The lowest BCUT2D eigenvalue weighted by Crippen LogP contribution is -1.94. The van der Waals surface area contributed by atoms with Crippen molar-refractivity contribution >= 4 is 10.9 Å². The standard InChI is InChI=1S/C12H13NO2/c1-8-6-13-12-4-3-9(15-2)5-10(12)11(8)7-14/h3-6,14H,7H2,1-2H3. The predicted molar refractivity (Wildman–Crippen MR) is 59.0 cm³/mol. The van der Waals surface area contributed by atoms with Gasteiger partial charge >= 0.3 is 0 Å². The first-order chi connectivity index (χ1) is 7.26. The van der Waals surface area contributed by atoms with E-state index in [0.717, 1.165) is 27.8 Å². The van der Waals surface area contributed by atoms with Crippen molar-refractivity contribution in [1.82, 2.24) is 4.98 Å². The number of hydrogen-bond donors (Lipinski definition) is 1. The van der Waals surface area contributed by atoms with E-state index in [4.69, 9.17) is 4.74 Å². The van der Waals surface area contributed by atoms with E-state index in [1.165, 1.54) is 0 Å². The molecular weight excluding hydrogens is 190 g/mol. The molecule has 0 amide bonds. The number of nitrogens with zero attached hydrogens (tertiary/aromatic N) is 1. The number of aryl methyl sites for hydroxylation is 1. The summed E-state index contributed by atoms with van der Waals surface area (Å²) in [6.45, 7) is 1.97. The number of benzene rings is 1. The summed E-state index contributed by atoms with van der Waals surface area (Å²) in [6, 6.07) is 5.67. The van der Waals surface area contributed by atoms with Crippen LogP contribution in [0.4, 0.5) is 0 Å². The van der Waals surface area contributed by atoms with Crippen molar-refractivity contribution in [3.63, 3.8) is 0 Å². The van der Waals surface area contributed by atoms with Crippen LogP contribution in [-0.4, -0.2) is 17.2 Å². The van der Waals surface area contributed by atoms with Crippen molar-refractivity contribution in [2.24, 2.45) is 0 Å². The Hall–Kier alpha value is -1.61. The summed E-state index contributed by atoms with van der Waals surface area (Å²) in [4.78, 5) is 4.30. The average Bonchev–Trinajstić information content (AvgIpc) is 2.28. The Kier molecular flexibility index (Phi) is 2.56. The highest BCUT2D eigenvalue weighted by atomic mass is 16.5. The molecule has 0 radical (unpaired) electrons. The predicted octanol–water partition coefficient (Wildman–Crippen LogP) is 2.04. The maximum atomic E-state index is 9.31. The second kappa shape index (κ2) is 3.87. The lowest BCUT2D eigenvalue weighted by Gasteiger charge is -2.08. The first kappa shape index (κ1) is 9.93. The third-order valence-electron chi connectivity index (χ3n) is 2.56. The molecule has 0 fully saturated rings. The Balaban J connectivity index is 2.76. The molecule has 1 aromatic carbocycles. The topological polar surface area (TPSA) is 42.4 Å². The summed E-state index contributed by atoms with van der Waals surface area (Å²) in [7, 11) is 1.63. The molecule has 3 nitrogen and oxygen atoms in total. The molecule has 1 heterocycles. The first-order valence-electron chi connectivity index (χ1n) is 4.79. The number of pyridine rings is 1. The summed E-state index contributed by atoms with van der Waals surface area (Å²) < 4.78 is 5.15.